The summed E-state index contributed by atoms with van der Waals surface area (Å²) in [7, 11) is 0. The Balaban J connectivity index is 1.26. The summed E-state index contributed by atoms with van der Waals surface area (Å²) in [6.45, 7) is 4.41. The smallest absolute Gasteiger partial charge is 0.160 e. The van der Waals surface area contributed by atoms with Crippen LogP contribution in [0.15, 0.2) is 169 Å². The third kappa shape index (κ3) is 5.05. The fourth-order valence-electron chi connectivity index (χ4n) is 6.59. The minimum absolute atomic E-state index is 0.110. The molecule has 0 bridgehead atoms. The summed E-state index contributed by atoms with van der Waals surface area (Å²) in [6.07, 6.45) is 0. The summed E-state index contributed by atoms with van der Waals surface area (Å²) < 4.78 is 129. The molecular formula is C47H34N2. The summed E-state index contributed by atoms with van der Waals surface area (Å²) in [6, 6.07) is 15.5. The SMILES string of the molecule is [2H]c1c(-c2ccc(-c3cccc4c3-c3cc5ccccc5cc3C4(C)C)cc2)nc(-c2c([2H])c([2H])c([2H])c([2H])c2[2H])nc1-c1c([2H])c([2H])c(-c2c([2H])c([2H])c([2H])c([2H])c2[2H])c([2H])c1[2H]. The molecule has 0 aliphatic heterocycles. The van der Waals surface area contributed by atoms with Crippen LogP contribution in [0.2, 0.25) is 0 Å². The summed E-state index contributed by atoms with van der Waals surface area (Å²) in [5.41, 5.74) is 3.78. The summed E-state index contributed by atoms with van der Waals surface area (Å²) in [5, 5.41) is 2.25. The zero-order valence-electron chi connectivity index (χ0n) is 41.4. The maximum atomic E-state index is 9.47. The second-order valence-corrected chi connectivity index (χ2v) is 12.3. The first-order chi connectivity index (χ1) is 30.3. The van der Waals surface area contributed by atoms with E-state index in [0.29, 0.717) is 5.56 Å². The van der Waals surface area contributed by atoms with Gasteiger partial charge in [-0.1, -0.05) is 165 Å². The van der Waals surface area contributed by atoms with Crippen LogP contribution in [0.5, 0.6) is 0 Å². The molecule has 2 nitrogen and oxygen atoms in total. The highest BCUT2D eigenvalue weighted by Gasteiger charge is 2.37. The Hall–Kier alpha value is -6.12. The number of rotatable bonds is 5. The average molecular weight is 642 g/mol. The van der Waals surface area contributed by atoms with Gasteiger partial charge in [-0.2, -0.15) is 0 Å². The van der Waals surface area contributed by atoms with Gasteiger partial charge in [0.1, 0.15) is 0 Å². The van der Waals surface area contributed by atoms with E-state index < -0.39 is 124 Å². The Morgan fingerprint density at radius 3 is 1.73 bits per heavy atom. The molecule has 0 atom stereocenters. The standard InChI is InChI=1S/C47H34N2/c1-47(2)41-19-11-18-39(45(41)40-28-37-16-9-10-17-38(37)29-42(40)47)33-22-26-35(27-23-33)44-30-43(48-46(49-44)36-14-7-4-8-15-36)34-24-20-32(21-25-34)31-12-5-3-6-13-31/h3-30H,1-2H3/i3D,4D,5D,6D,7D,8D,12D,13D,14D,15D,20D,21D,24D,25D,30D. The molecule has 0 saturated carbocycles. The lowest BCUT2D eigenvalue weighted by Gasteiger charge is -2.22. The number of benzene rings is 7. The van der Waals surface area contributed by atoms with Gasteiger partial charge < -0.3 is 0 Å². The molecular weight excluding hydrogens is 593 g/mol. The molecule has 0 spiro atoms. The van der Waals surface area contributed by atoms with E-state index in [1.807, 2.05) is 36.4 Å². The van der Waals surface area contributed by atoms with Crippen molar-refractivity contribution in [3.8, 4) is 67.3 Å². The Labute approximate surface area is 308 Å². The van der Waals surface area contributed by atoms with Gasteiger partial charge in [0, 0.05) is 22.1 Å². The van der Waals surface area contributed by atoms with Crippen LogP contribution in [0.4, 0.5) is 0 Å². The monoisotopic (exact) mass is 641 g/mol. The van der Waals surface area contributed by atoms with E-state index in [1.165, 1.54) is 5.56 Å². The highest BCUT2D eigenvalue weighted by Crippen LogP contribution is 2.53. The predicted octanol–water partition coefficient (Wildman–Crippen LogP) is 12.3. The van der Waals surface area contributed by atoms with E-state index in [4.69, 9.17) is 19.2 Å². The first-order valence-corrected chi connectivity index (χ1v) is 15.7. The minimum atomic E-state index is -0.782. The van der Waals surface area contributed by atoms with Gasteiger partial charge in [0.05, 0.1) is 31.9 Å². The van der Waals surface area contributed by atoms with Crippen LogP contribution in [-0.2, 0) is 5.41 Å². The number of hydrogen-bond acceptors (Lipinski definition) is 2. The molecule has 232 valence electrons. The third-order valence-corrected chi connectivity index (χ3v) is 9.04. The van der Waals surface area contributed by atoms with Crippen LogP contribution in [0.1, 0.15) is 45.5 Å². The molecule has 8 aromatic rings. The molecule has 2 heteroatoms. The second-order valence-electron chi connectivity index (χ2n) is 12.3. The Kier molecular flexibility index (Phi) is 4.08. The predicted molar refractivity (Wildman–Crippen MR) is 204 cm³/mol. The topological polar surface area (TPSA) is 25.8 Å². The van der Waals surface area contributed by atoms with Gasteiger partial charge in [-0.25, -0.2) is 9.97 Å². The number of hydrogen-bond donors (Lipinski definition) is 0. The quantitative estimate of drug-likeness (QED) is 0.187. The third-order valence-electron chi connectivity index (χ3n) is 9.04. The fourth-order valence-corrected chi connectivity index (χ4v) is 6.59. The van der Waals surface area contributed by atoms with Gasteiger partial charge in [-0.05, 0) is 73.5 Å². The lowest BCUT2D eigenvalue weighted by molar-refractivity contribution is 0.661. The van der Waals surface area contributed by atoms with Crippen LogP contribution in [0.3, 0.4) is 0 Å². The van der Waals surface area contributed by atoms with E-state index in [-0.39, 0.29) is 11.1 Å². The molecule has 0 amide bonds. The zero-order valence-corrected chi connectivity index (χ0v) is 26.4. The molecule has 1 aliphatic carbocycles. The lowest BCUT2D eigenvalue weighted by atomic mass is 9.81. The van der Waals surface area contributed by atoms with E-state index in [9.17, 15) is 1.37 Å². The van der Waals surface area contributed by atoms with Crippen molar-refractivity contribution in [2.75, 3.05) is 0 Å². The molecule has 1 heterocycles. The molecule has 1 aromatic heterocycles. The highest BCUT2D eigenvalue weighted by molar-refractivity contribution is 5.98. The summed E-state index contributed by atoms with van der Waals surface area (Å²) in [5.74, 6) is -0.444. The fraction of sp³-hybridized carbons (Fsp3) is 0.0638. The van der Waals surface area contributed by atoms with Crippen molar-refractivity contribution in [2.24, 2.45) is 0 Å². The van der Waals surface area contributed by atoms with E-state index in [0.717, 1.165) is 38.6 Å². The number of aromatic nitrogens is 2. The molecule has 7 aromatic carbocycles. The van der Waals surface area contributed by atoms with E-state index in [1.54, 1.807) is 12.1 Å². The molecule has 0 saturated heterocycles. The van der Waals surface area contributed by atoms with Crippen molar-refractivity contribution < 1.29 is 20.6 Å². The van der Waals surface area contributed by atoms with Crippen molar-refractivity contribution in [3.63, 3.8) is 0 Å². The Morgan fingerprint density at radius 2 is 1.04 bits per heavy atom. The summed E-state index contributed by atoms with van der Waals surface area (Å²) >= 11 is 0. The van der Waals surface area contributed by atoms with Crippen LogP contribution in [0.25, 0.3) is 78.1 Å². The average Bonchev–Trinajstić information content (AvgIpc) is 3.51. The van der Waals surface area contributed by atoms with E-state index in [2.05, 4.69) is 54.1 Å². The lowest BCUT2D eigenvalue weighted by Crippen LogP contribution is -2.14. The van der Waals surface area contributed by atoms with Crippen molar-refractivity contribution in [1.82, 2.24) is 9.97 Å². The molecule has 1 aliphatic rings. The Bertz CT molecular complexity index is 3280. The van der Waals surface area contributed by atoms with Crippen LogP contribution < -0.4 is 0 Å². The molecule has 0 fully saturated rings. The molecule has 9 rings (SSSR count). The van der Waals surface area contributed by atoms with Gasteiger partial charge in [0.25, 0.3) is 0 Å². The minimum Gasteiger partial charge on any atom is -0.228 e. The van der Waals surface area contributed by atoms with E-state index >= 15 is 0 Å². The summed E-state index contributed by atoms with van der Waals surface area (Å²) in [4.78, 5) is 9.04. The van der Waals surface area contributed by atoms with Gasteiger partial charge in [-0.3, -0.25) is 0 Å². The van der Waals surface area contributed by atoms with Crippen molar-refractivity contribution in [1.29, 1.82) is 0 Å². The van der Waals surface area contributed by atoms with Crippen LogP contribution in [-0.4, -0.2) is 9.97 Å². The largest absolute Gasteiger partial charge is 0.228 e. The van der Waals surface area contributed by atoms with Crippen molar-refractivity contribution >= 4 is 10.8 Å². The van der Waals surface area contributed by atoms with Gasteiger partial charge in [0.15, 0.2) is 5.82 Å². The Morgan fingerprint density at radius 1 is 0.469 bits per heavy atom. The first kappa shape index (κ1) is 17.3. The molecule has 0 radical (unpaired) electrons. The van der Waals surface area contributed by atoms with Crippen molar-refractivity contribution in [2.45, 2.75) is 19.3 Å². The number of fused-ring (bicyclic) bond motifs is 4. The normalized spacial score (nSPS) is 17.1. The van der Waals surface area contributed by atoms with Gasteiger partial charge in [0.2, 0.25) is 0 Å². The maximum absolute atomic E-state index is 9.47. The second kappa shape index (κ2) is 11.5. The maximum Gasteiger partial charge on any atom is 0.160 e. The van der Waals surface area contributed by atoms with Crippen LogP contribution >= 0.6 is 0 Å². The van der Waals surface area contributed by atoms with Gasteiger partial charge in [-0.15, -0.1) is 0 Å². The van der Waals surface area contributed by atoms with Gasteiger partial charge >= 0.3 is 0 Å². The van der Waals surface area contributed by atoms with Crippen LogP contribution in [0, 0.1) is 0 Å². The first-order valence-electron chi connectivity index (χ1n) is 23.2. The number of nitrogens with zero attached hydrogens (tertiary/aromatic N) is 2. The zero-order chi connectivity index (χ0) is 46.0. The molecule has 0 unspecified atom stereocenters. The van der Waals surface area contributed by atoms with Crippen molar-refractivity contribution in [3.05, 3.63) is 181 Å². The molecule has 49 heavy (non-hydrogen) atoms. The molecule has 0 N–H and O–H groups in total. The highest BCUT2D eigenvalue weighted by atomic mass is 14.9.